The molecule has 0 saturated carbocycles. The molecule has 30 heavy (non-hydrogen) atoms. The van der Waals surface area contributed by atoms with Crippen molar-refractivity contribution < 1.29 is 0 Å². The van der Waals surface area contributed by atoms with Crippen molar-refractivity contribution in [2.24, 2.45) is 4.99 Å². The summed E-state index contributed by atoms with van der Waals surface area (Å²) in [5.74, 6) is 0.829. The van der Waals surface area contributed by atoms with Crippen molar-refractivity contribution >= 4 is 16.9 Å². The molecule has 6 nitrogen and oxygen atoms in total. The number of nitrogens with one attached hydrogen (secondary N) is 2. The van der Waals surface area contributed by atoms with E-state index < -0.39 is 0 Å². The number of aliphatic imine (C=N–C) groups is 1. The lowest BCUT2D eigenvalue weighted by Crippen LogP contribution is -2.37. The first-order chi connectivity index (χ1) is 14.8. The van der Waals surface area contributed by atoms with Crippen LogP contribution in [-0.4, -0.2) is 33.7 Å². The fraction of sp³-hybridized carbons (Fsp3) is 0.250. The van der Waals surface area contributed by atoms with E-state index in [1.165, 1.54) is 22.0 Å². The Hall–Kier alpha value is -3.54. The van der Waals surface area contributed by atoms with E-state index in [-0.39, 0.29) is 0 Å². The largest absolute Gasteiger partial charge is 0.356 e. The molecule has 6 heteroatoms. The Morgan fingerprint density at radius 3 is 2.60 bits per heavy atom. The van der Waals surface area contributed by atoms with Crippen molar-refractivity contribution in [3.63, 3.8) is 0 Å². The summed E-state index contributed by atoms with van der Waals surface area (Å²) in [6.07, 6.45) is 8.81. The molecule has 2 aromatic carbocycles. The Morgan fingerprint density at radius 2 is 1.80 bits per heavy atom. The number of para-hydroxylation sites is 1. The number of nitrogens with zero attached hydrogens (tertiary/aromatic N) is 4. The Balaban J connectivity index is 1.20. The normalized spacial score (nSPS) is 11.7. The minimum Gasteiger partial charge on any atom is -0.356 e. The van der Waals surface area contributed by atoms with E-state index in [1.807, 2.05) is 19.6 Å². The minimum absolute atomic E-state index is 0.743. The van der Waals surface area contributed by atoms with Crippen LogP contribution in [0.4, 0.5) is 0 Å². The SMILES string of the molecule is CN=C(NCCCn1ccc2ccccc21)NCc1ccc(Cn2ccnc2)cc1. The Labute approximate surface area is 177 Å². The molecule has 0 fully saturated rings. The molecule has 0 aliphatic rings. The third-order valence-electron chi connectivity index (χ3n) is 5.18. The van der Waals surface area contributed by atoms with Crippen LogP contribution in [-0.2, 0) is 19.6 Å². The van der Waals surface area contributed by atoms with Crippen LogP contribution in [0, 0.1) is 0 Å². The summed E-state index contributed by atoms with van der Waals surface area (Å²) in [6.45, 7) is 3.44. The van der Waals surface area contributed by atoms with E-state index in [2.05, 4.69) is 90.5 Å². The highest BCUT2D eigenvalue weighted by Gasteiger charge is 2.02. The molecule has 0 bridgehead atoms. The highest BCUT2D eigenvalue weighted by atomic mass is 15.2. The monoisotopic (exact) mass is 400 g/mol. The van der Waals surface area contributed by atoms with Crippen molar-refractivity contribution in [3.8, 4) is 0 Å². The van der Waals surface area contributed by atoms with Crippen LogP contribution < -0.4 is 10.6 Å². The van der Waals surface area contributed by atoms with E-state index in [0.717, 1.165) is 38.6 Å². The van der Waals surface area contributed by atoms with Gasteiger partial charge in [-0.2, -0.15) is 0 Å². The number of hydrogen-bond acceptors (Lipinski definition) is 2. The van der Waals surface area contributed by atoms with Gasteiger partial charge in [0.25, 0.3) is 0 Å². The lowest BCUT2D eigenvalue weighted by atomic mass is 10.1. The average Bonchev–Trinajstić information content (AvgIpc) is 3.44. The van der Waals surface area contributed by atoms with Crippen LogP contribution in [0.2, 0.25) is 0 Å². The summed E-state index contributed by atoms with van der Waals surface area (Å²) in [5.41, 5.74) is 3.78. The lowest BCUT2D eigenvalue weighted by molar-refractivity contribution is 0.640. The zero-order valence-corrected chi connectivity index (χ0v) is 17.3. The standard InChI is InChI=1S/C24H28N6/c1-25-24(27-12-4-14-30-15-11-22-5-2-3-6-23(22)30)28-17-20-7-9-21(10-8-20)18-29-16-13-26-19-29/h2-3,5-11,13,15-16,19H,4,12,14,17-18H2,1H3,(H2,25,27,28). The summed E-state index contributed by atoms with van der Waals surface area (Å²) in [7, 11) is 1.81. The third-order valence-corrected chi connectivity index (χ3v) is 5.18. The molecule has 0 unspecified atom stereocenters. The summed E-state index contributed by atoms with van der Waals surface area (Å²) in [6, 6.07) is 19.3. The molecule has 0 aliphatic heterocycles. The highest BCUT2D eigenvalue weighted by molar-refractivity contribution is 5.80. The van der Waals surface area contributed by atoms with Gasteiger partial charge in [-0.15, -0.1) is 0 Å². The number of benzene rings is 2. The lowest BCUT2D eigenvalue weighted by Gasteiger charge is -2.13. The van der Waals surface area contributed by atoms with Gasteiger partial charge in [-0.25, -0.2) is 4.98 Å². The second-order valence-electron chi connectivity index (χ2n) is 7.33. The van der Waals surface area contributed by atoms with E-state index in [1.54, 1.807) is 6.20 Å². The highest BCUT2D eigenvalue weighted by Crippen LogP contribution is 2.15. The zero-order chi connectivity index (χ0) is 20.6. The Morgan fingerprint density at radius 1 is 0.967 bits per heavy atom. The molecule has 0 saturated heterocycles. The third kappa shape index (κ3) is 5.08. The molecule has 0 radical (unpaired) electrons. The van der Waals surface area contributed by atoms with Gasteiger partial charge in [0.15, 0.2) is 5.96 Å². The maximum Gasteiger partial charge on any atom is 0.191 e. The molecular weight excluding hydrogens is 372 g/mol. The Kier molecular flexibility index (Phi) is 6.44. The van der Waals surface area contributed by atoms with Crippen LogP contribution in [0.5, 0.6) is 0 Å². The minimum atomic E-state index is 0.743. The molecule has 4 rings (SSSR count). The van der Waals surface area contributed by atoms with Gasteiger partial charge in [0.1, 0.15) is 0 Å². The first-order valence-corrected chi connectivity index (χ1v) is 10.3. The number of aryl methyl sites for hydroxylation is 1. The number of rotatable bonds is 8. The van der Waals surface area contributed by atoms with E-state index >= 15 is 0 Å². The number of hydrogen-bond donors (Lipinski definition) is 2. The average molecular weight is 401 g/mol. The van der Waals surface area contributed by atoms with Crippen LogP contribution in [0.15, 0.2) is 84.5 Å². The van der Waals surface area contributed by atoms with Crippen LogP contribution in [0.3, 0.4) is 0 Å². The number of imidazole rings is 1. The van der Waals surface area contributed by atoms with E-state index in [0.29, 0.717) is 0 Å². The maximum absolute atomic E-state index is 4.33. The quantitative estimate of drug-likeness (QED) is 0.270. The molecule has 2 aromatic heterocycles. The number of guanidine groups is 1. The fourth-order valence-corrected chi connectivity index (χ4v) is 3.55. The Bertz CT molecular complexity index is 1080. The van der Waals surface area contributed by atoms with Crippen LogP contribution in [0.25, 0.3) is 10.9 Å². The second kappa shape index (κ2) is 9.78. The van der Waals surface area contributed by atoms with E-state index in [4.69, 9.17) is 0 Å². The molecule has 154 valence electrons. The maximum atomic E-state index is 4.33. The molecular formula is C24H28N6. The molecule has 2 N–H and O–H groups in total. The predicted octanol–water partition coefficient (Wildman–Crippen LogP) is 3.64. The van der Waals surface area contributed by atoms with Crippen LogP contribution >= 0.6 is 0 Å². The van der Waals surface area contributed by atoms with Gasteiger partial charge >= 0.3 is 0 Å². The zero-order valence-electron chi connectivity index (χ0n) is 17.3. The molecule has 2 heterocycles. The summed E-state index contributed by atoms with van der Waals surface area (Å²) < 4.78 is 4.37. The summed E-state index contributed by atoms with van der Waals surface area (Å²) >= 11 is 0. The van der Waals surface area contributed by atoms with Gasteiger partial charge in [0.05, 0.1) is 6.33 Å². The number of aromatic nitrogens is 3. The molecule has 0 atom stereocenters. The molecule has 0 amide bonds. The number of fused-ring (bicyclic) bond motifs is 1. The van der Waals surface area contributed by atoms with Gasteiger partial charge in [0.2, 0.25) is 0 Å². The van der Waals surface area contributed by atoms with Crippen molar-refractivity contribution in [1.82, 2.24) is 24.8 Å². The smallest absolute Gasteiger partial charge is 0.191 e. The predicted molar refractivity (Wildman–Crippen MR) is 123 cm³/mol. The van der Waals surface area contributed by atoms with Gasteiger partial charge in [0, 0.05) is 57.3 Å². The van der Waals surface area contributed by atoms with Crippen molar-refractivity contribution in [1.29, 1.82) is 0 Å². The van der Waals surface area contributed by atoms with Gasteiger partial charge < -0.3 is 19.8 Å². The van der Waals surface area contributed by atoms with Crippen LogP contribution in [0.1, 0.15) is 17.5 Å². The van der Waals surface area contributed by atoms with Crippen molar-refractivity contribution in [2.45, 2.75) is 26.1 Å². The first-order valence-electron chi connectivity index (χ1n) is 10.3. The molecule has 0 aliphatic carbocycles. The van der Waals surface area contributed by atoms with Crippen molar-refractivity contribution in [2.75, 3.05) is 13.6 Å². The summed E-state index contributed by atoms with van der Waals surface area (Å²) in [5, 5.41) is 8.09. The summed E-state index contributed by atoms with van der Waals surface area (Å²) in [4.78, 5) is 8.42. The van der Waals surface area contributed by atoms with Gasteiger partial charge in [-0.1, -0.05) is 42.5 Å². The van der Waals surface area contributed by atoms with Gasteiger partial charge in [-0.05, 0) is 35.1 Å². The topological polar surface area (TPSA) is 59.2 Å². The van der Waals surface area contributed by atoms with Crippen molar-refractivity contribution in [3.05, 3.63) is 90.6 Å². The molecule has 4 aromatic rings. The molecule has 0 spiro atoms. The van der Waals surface area contributed by atoms with E-state index in [9.17, 15) is 0 Å². The van der Waals surface area contributed by atoms with Gasteiger partial charge in [-0.3, -0.25) is 4.99 Å². The second-order valence-corrected chi connectivity index (χ2v) is 7.33. The fourth-order valence-electron chi connectivity index (χ4n) is 3.55. The first kappa shape index (κ1) is 19.8.